The quantitative estimate of drug-likeness (QED) is 0.385. The number of esters is 1. The van der Waals surface area contributed by atoms with E-state index in [2.05, 4.69) is 36.9 Å². The maximum absolute atomic E-state index is 11.2. The molecule has 2 aromatic carbocycles. The van der Waals surface area contributed by atoms with Crippen LogP contribution in [0.25, 0.3) is 32.6 Å². The first-order valence-corrected chi connectivity index (χ1v) is 7.92. The van der Waals surface area contributed by atoms with E-state index in [0.29, 0.717) is 5.75 Å². The van der Waals surface area contributed by atoms with Crippen molar-refractivity contribution < 1.29 is 9.53 Å². The van der Waals surface area contributed by atoms with E-state index in [4.69, 9.17) is 9.72 Å². The molecule has 4 nitrogen and oxygen atoms in total. The van der Waals surface area contributed by atoms with E-state index in [1.165, 1.54) is 28.8 Å². The molecule has 0 bridgehead atoms. The van der Waals surface area contributed by atoms with E-state index in [-0.39, 0.29) is 5.97 Å². The summed E-state index contributed by atoms with van der Waals surface area (Å²) in [4.78, 5) is 16.1. The SMILES string of the molecule is CC(=O)Oc1ccc2nc3c(C)c4ccn(C)cc4c(C)c3c2c1. The van der Waals surface area contributed by atoms with Gasteiger partial charge in [0, 0.05) is 42.5 Å². The van der Waals surface area contributed by atoms with Gasteiger partial charge in [-0.05, 0) is 54.6 Å². The average molecular weight is 318 g/mol. The second kappa shape index (κ2) is 5.06. The normalized spacial score (nSPS) is 11.5. The summed E-state index contributed by atoms with van der Waals surface area (Å²) >= 11 is 0. The van der Waals surface area contributed by atoms with Gasteiger partial charge in [0.05, 0.1) is 11.0 Å². The lowest BCUT2D eigenvalue weighted by atomic mass is 9.97. The summed E-state index contributed by atoms with van der Waals surface area (Å²) in [5, 5.41) is 4.60. The van der Waals surface area contributed by atoms with E-state index in [0.717, 1.165) is 21.8 Å². The molecule has 0 spiro atoms. The highest BCUT2D eigenvalue weighted by atomic mass is 16.5. The van der Waals surface area contributed by atoms with Gasteiger partial charge >= 0.3 is 5.97 Å². The Bertz CT molecular complexity index is 1140. The highest BCUT2D eigenvalue weighted by molar-refractivity contribution is 6.16. The highest BCUT2D eigenvalue weighted by Gasteiger charge is 2.15. The summed E-state index contributed by atoms with van der Waals surface area (Å²) in [6.07, 6.45) is 4.20. The van der Waals surface area contributed by atoms with Crippen molar-refractivity contribution in [2.24, 2.45) is 7.05 Å². The minimum atomic E-state index is -0.316. The maximum atomic E-state index is 11.2. The zero-order chi connectivity index (χ0) is 17.0. The van der Waals surface area contributed by atoms with Crippen LogP contribution < -0.4 is 4.74 Å². The van der Waals surface area contributed by atoms with Gasteiger partial charge in [0.15, 0.2) is 0 Å². The van der Waals surface area contributed by atoms with Gasteiger partial charge in [0.25, 0.3) is 0 Å². The summed E-state index contributed by atoms with van der Waals surface area (Å²) in [6, 6.07) is 7.76. The van der Waals surface area contributed by atoms with E-state index in [1.807, 2.05) is 19.2 Å². The second-order valence-electron chi connectivity index (χ2n) is 6.30. The van der Waals surface area contributed by atoms with Gasteiger partial charge in [-0.15, -0.1) is 0 Å². The van der Waals surface area contributed by atoms with Crippen molar-refractivity contribution in [3.8, 4) is 5.75 Å². The van der Waals surface area contributed by atoms with Crippen LogP contribution in [-0.4, -0.2) is 15.5 Å². The Hall–Kier alpha value is -2.88. The lowest BCUT2D eigenvalue weighted by molar-refractivity contribution is -0.131. The molecule has 0 aliphatic carbocycles. The Morgan fingerprint density at radius 3 is 2.62 bits per heavy atom. The topological polar surface area (TPSA) is 44.1 Å². The molecule has 0 saturated carbocycles. The number of aromatic nitrogens is 2. The average Bonchev–Trinajstić information content (AvgIpc) is 2.91. The fourth-order valence-corrected chi connectivity index (χ4v) is 3.48. The molecule has 4 aromatic rings. The van der Waals surface area contributed by atoms with Gasteiger partial charge in [-0.3, -0.25) is 4.79 Å². The van der Waals surface area contributed by atoms with Gasteiger partial charge in [-0.2, -0.15) is 0 Å². The summed E-state index contributed by atoms with van der Waals surface area (Å²) in [5.41, 5.74) is 4.32. The lowest BCUT2D eigenvalue weighted by Gasteiger charge is -2.10. The van der Waals surface area contributed by atoms with Crippen LogP contribution in [0.1, 0.15) is 18.1 Å². The number of hydrogen-bond acceptors (Lipinski definition) is 3. The number of aryl methyl sites for hydroxylation is 3. The Morgan fingerprint density at radius 2 is 1.88 bits per heavy atom. The fourth-order valence-electron chi connectivity index (χ4n) is 3.48. The molecular weight excluding hydrogens is 300 g/mol. The molecule has 0 aliphatic rings. The van der Waals surface area contributed by atoms with Crippen LogP contribution in [-0.2, 0) is 11.8 Å². The van der Waals surface area contributed by atoms with Gasteiger partial charge in [-0.25, -0.2) is 4.98 Å². The number of pyridine rings is 1. The van der Waals surface area contributed by atoms with Crippen molar-refractivity contribution in [1.29, 1.82) is 0 Å². The molecule has 2 aromatic heterocycles. The molecular formula is C20H18N2O2. The lowest BCUT2D eigenvalue weighted by Crippen LogP contribution is -2.00. The third-order valence-corrected chi connectivity index (χ3v) is 4.61. The van der Waals surface area contributed by atoms with Crippen molar-refractivity contribution in [2.45, 2.75) is 20.8 Å². The minimum Gasteiger partial charge on any atom is -0.427 e. The Kier molecular flexibility index (Phi) is 3.10. The molecule has 0 radical (unpaired) electrons. The summed E-state index contributed by atoms with van der Waals surface area (Å²) in [7, 11) is 2.03. The molecule has 0 saturated heterocycles. The first kappa shape index (κ1) is 14.7. The van der Waals surface area contributed by atoms with Crippen LogP contribution in [0.3, 0.4) is 0 Å². The number of carbonyl (C=O) groups is 1. The number of benzene rings is 2. The number of nitrogens with zero attached hydrogens (tertiary/aromatic N) is 2. The predicted octanol–water partition coefficient (Wildman–Crippen LogP) is 4.42. The van der Waals surface area contributed by atoms with E-state index in [9.17, 15) is 4.79 Å². The third kappa shape index (κ3) is 2.07. The fraction of sp³-hybridized carbons (Fsp3) is 0.200. The van der Waals surface area contributed by atoms with Crippen molar-refractivity contribution in [1.82, 2.24) is 9.55 Å². The smallest absolute Gasteiger partial charge is 0.308 e. The largest absolute Gasteiger partial charge is 0.427 e. The van der Waals surface area contributed by atoms with Crippen molar-refractivity contribution in [2.75, 3.05) is 0 Å². The first-order chi connectivity index (χ1) is 11.5. The van der Waals surface area contributed by atoms with Crippen LogP contribution in [0.5, 0.6) is 5.75 Å². The van der Waals surface area contributed by atoms with Crippen LogP contribution in [0.15, 0.2) is 36.7 Å². The van der Waals surface area contributed by atoms with E-state index in [1.54, 1.807) is 6.07 Å². The molecule has 0 fully saturated rings. The monoisotopic (exact) mass is 318 g/mol. The zero-order valence-electron chi connectivity index (χ0n) is 14.2. The second-order valence-corrected chi connectivity index (χ2v) is 6.30. The maximum Gasteiger partial charge on any atom is 0.308 e. The number of fused-ring (bicyclic) bond motifs is 4. The first-order valence-electron chi connectivity index (χ1n) is 7.92. The molecule has 0 aliphatic heterocycles. The Morgan fingerprint density at radius 1 is 1.08 bits per heavy atom. The third-order valence-electron chi connectivity index (χ3n) is 4.61. The van der Waals surface area contributed by atoms with Gasteiger partial charge < -0.3 is 9.30 Å². The molecule has 4 rings (SSSR count). The minimum absolute atomic E-state index is 0.316. The molecule has 0 amide bonds. The standard InChI is InChI=1S/C20H18N2O2/c1-11-17-10-22(4)8-7-15(17)12(2)20-19(11)16-9-14(24-13(3)23)5-6-18(16)21-20/h5-10H,1-4H3. The Labute approximate surface area is 139 Å². The zero-order valence-corrected chi connectivity index (χ0v) is 14.2. The van der Waals surface area contributed by atoms with Crippen molar-refractivity contribution >= 4 is 38.5 Å². The van der Waals surface area contributed by atoms with Crippen LogP contribution in [0.2, 0.25) is 0 Å². The molecule has 0 N–H and O–H groups in total. The summed E-state index contributed by atoms with van der Waals surface area (Å²) in [6.45, 7) is 5.65. The van der Waals surface area contributed by atoms with Crippen LogP contribution in [0.4, 0.5) is 0 Å². The molecule has 0 atom stereocenters. The van der Waals surface area contributed by atoms with E-state index >= 15 is 0 Å². The van der Waals surface area contributed by atoms with Crippen LogP contribution >= 0.6 is 0 Å². The van der Waals surface area contributed by atoms with Gasteiger partial charge in [0.1, 0.15) is 5.75 Å². The molecule has 0 unspecified atom stereocenters. The summed E-state index contributed by atoms with van der Waals surface area (Å²) in [5.74, 6) is 0.239. The molecule has 120 valence electrons. The molecule has 2 heterocycles. The van der Waals surface area contributed by atoms with Crippen molar-refractivity contribution in [3.63, 3.8) is 0 Å². The highest BCUT2D eigenvalue weighted by Crippen LogP contribution is 2.37. The number of rotatable bonds is 1. The summed E-state index contributed by atoms with van der Waals surface area (Å²) < 4.78 is 7.31. The van der Waals surface area contributed by atoms with Crippen LogP contribution in [0, 0.1) is 13.8 Å². The predicted molar refractivity (Wildman–Crippen MR) is 96.5 cm³/mol. The molecule has 24 heavy (non-hydrogen) atoms. The van der Waals surface area contributed by atoms with Gasteiger partial charge in [-0.1, -0.05) is 0 Å². The van der Waals surface area contributed by atoms with Gasteiger partial charge in [0.2, 0.25) is 0 Å². The number of carbonyl (C=O) groups excluding carboxylic acids is 1. The van der Waals surface area contributed by atoms with E-state index < -0.39 is 0 Å². The number of ether oxygens (including phenoxy) is 1. The molecule has 4 heteroatoms. The Balaban J connectivity index is 2.15. The van der Waals surface area contributed by atoms with Crippen molar-refractivity contribution in [3.05, 3.63) is 47.8 Å². The number of hydrogen-bond donors (Lipinski definition) is 0.